The number of rotatable bonds is 8. The minimum Gasteiger partial charge on any atom is -0.469 e. The van der Waals surface area contributed by atoms with Crippen molar-refractivity contribution in [2.45, 2.75) is 39.0 Å². The number of carbonyl (C=O) groups is 2. The molecule has 0 aromatic heterocycles. The third-order valence-corrected chi connectivity index (χ3v) is 3.23. The Hall–Kier alpha value is -1.64. The van der Waals surface area contributed by atoms with Crippen molar-refractivity contribution in [3.8, 4) is 0 Å². The van der Waals surface area contributed by atoms with Crippen LogP contribution in [0.5, 0.6) is 0 Å². The Labute approximate surface area is 115 Å². The molecule has 0 aliphatic heterocycles. The van der Waals surface area contributed by atoms with E-state index in [-0.39, 0.29) is 18.1 Å². The van der Waals surface area contributed by atoms with Crippen molar-refractivity contribution in [2.75, 3.05) is 7.11 Å². The van der Waals surface area contributed by atoms with Gasteiger partial charge in [-0.15, -0.1) is 0 Å². The molecule has 0 fully saturated rings. The van der Waals surface area contributed by atoms with Crippen molar-refractivity contribution in [1.29, 1.82) is 0 Å². The number of benzene rings is 1. The molecule has 104 valence electrons. The van der Waals surface area contributed by atoms with Crippen LogP contribution >= 0.6 is 0 Å². The summed E-state index contributed by atoms with van der Waals surface area (Å²) >= 11 is 0. The van der Waals surface area contributed by atoms with E-state index in [1.165, 1.54) is 7.11 Å². The van der Waals surface area contributed by atoms with Gasteiger partial charge >= 0.3 is 5.97 Å². The summed E-state index contributed by atoms with van der Waals surface area (Å²) < 4.78 is 4.57. The summed E-state index contributed by atoms with van der Waals surface area (Å²) in [6.07, 6.45) is 3.48. The highest BCUT2D eigenvalue weighted by atomic mass is 16.5. The third-order valence-electron chi connectivity index (χ3n) is 3.23. The van der Waals surface area contributed by atoms with Crippen LogP contribution in [0.25, 0.3) is 0 Å². The first-order chi connectivity index (χ1) is 9.17. The maximum atomic E-state index is 12.1. The van der Waals surface area contributed by atoms with Crippen LogP contribution < -0.4 is 0 Å². The second-order valence-electron chi connectivity index (χ2n) is 4.75. The lowest BCUT2D eigenvalue weighted by molar-refractivity contribution is -0.144. The van der Waals surface area contributed by atoms with Gasteiger partial charge in [-0.1, -0.05) is 50.1 Å². The first kappa shape index (κ1) is 15.4. The third kappa shape index (κ3) is 5.69. The van der Waals surface area contributed by atoms with Crippen LogP contribution in [-0.2, 0) is 20.7 Å². The number of Topliss-reactive ketones (excluding diaryl/α,β-unsaturated/α-hetero) is 1. The molecule has 0 bridgehead atoms. The van der Waals surface area contributed by atoms with Crippen LogP contribution in [0, 0.1) is 5.92 Å². The van der Waals surface area contributed by atoms with Crippen LogP contribution in [0.15, 0.2) is 30.3 Å². The minimum atomic E-state index is -0.445. The zero-order valence-corrected chi connectivity index (χ0v) is 11.7. The Morgan fingerprint density at radius 1 is 1.21 bits per heavy atom. The second-order valence-corrected chi connectivity index (χ2v) is 4.75. The van der Waals surface area contributed by atoms with Gasteiger partial charge < -0.3 is 4.74 Å². The molecule has 19 heavy (non-hydrogen) atoms. The Morgan fingerprint density at radius 3 is 2.47 bits per heavy atom. The summed E-state index contributed by atoms with van der Waals surface area (Å²) in [6.45, 7) is 2.10. The van der Waals surface area contributed by atoms with E-state index in [1.807, 2.05) is 30.3 Å². The lowest BCUT2D eigenvalue weighted by Gasteiger charge is -2.15. The van der Waals surface area contributed by atoms with E-state index < -0.39 is 5.97 Å². The van der Waals surface area contributed by atoms with Crippen LogP contribution in [0.2, 0.25) is 0 Å². The molecular formula is C16H22O3. The van der Waals surface area contributed by atoms with E-state index in [9.17, 15) is 9.59 Å². The van der Waals surface area contributed by atoms with Crippen molar-refractivity contribution in [1.82, 2.24) is 0 Å². The normalized spacial score (nSPS) is 11.9. The molecule has 0 N–H and O–H groups in total. The fraction of sp³-hybridized carbons (Fsp3) is 0.500. The number of ketones is 1. The molecule has 1 atom stereocenters. The Bertz CT molecular complexity index is 398. The number of esters is 1. The van der Waals surface area contributed by atoms with Crippen molar-refractivity contribution >= 4 is 11.8 Å². The number of hydrogen-bond acceptors (Lipinski definition) is 3. The van der Waals surface area contributed by atoms with E-state index in [0.717, 1.165) is 24.8 Å². The van der Waals surface area contributed by atoms with Gasteiger partial charge in [-0.2, -0.15) is 0 Å². The molecule has 3 heteroatoms. The molecular weight excluding hydrogens is 240 g/mol. The standard InChI is InChI=1S/C16H22O3/c1-3-4-10-14(15(17)12-16(18)19-2)11-13-8-6-5-7-9-13/h5-9,14H,3-4,10-12H2,1-2H3. The van der Waals surface area contributed by atoms with Gasteiger partial charge in [0.15, 0.2) is 0 Å². The van der Waals surface area contributed by atoms with Gasteiger partial charge in [0.05, 0.1) is 7.11 Å². The molecule has 1 aromatic rings. The number of methoxy groups -OCH3 is 1. The Morgan fingerprint density at radius 2 is 1.89 bits per heavy atom. The highest BCUT2D eigenvalue weighted by molar-refractivity contribution is 5.96. The van der Waals surface area contributed by atoms with E-state index in [4.69, 9.17) is 0 Å². The largest absolute Gasteiger partial charge is 0.469 e. The molecule has 1 aromatic carbocycles. The number of carbonyl (C=O) groups excluding carboxylic acids is 2. The predicted octanol–water partition coefficient (Wildman–Crippen LogP) is 3.17. The van der Waals surface area contributed by atoms with E-state index in [1.54, 1.807) is 0 Å². The zero-order valence-electron chi connectivity index (χ0n) is 11.7. The monoisotopic (exact) mass is 262 g/mol. The van der Waals surface area contributed by atoms with Crippen molar-refractivity contribution < 1.29 is 14.3 Å². The number of unbranched alkanes of at least 4 members (excludes halogenated alkanes) is 1. The summed E-state index contributed by atoms with van der Waals surface area (Å²) in [5.41, 5.74) is 1.14. The van der Waals surface area contributed by atoms with Gasteiger partial charge in [-0.05, 0) is 18.4 Å². The molecule has 0 spiro atoms. The number of hydrogen-bond donors (Lipinski definition) is 0. The Balaban J connectivity index is 2.65. The van der Waals surface area contributed by atoms with Crippen LogP contribution in [0.3, 0.4) is 0 Å². The smallest absolute Gasteiger partial charge is 0.313 e. The summed E-state index contributed by atoms with van der Waals surface area (Å²) in [5, 5.41) is 0. The fourth-order valence-electron chi connectivity index (χ4n) is 2.08. The number of ether oxygens (including phenoxy) is 1. The summed E-state index contributed by atoms with van der Waals surface area (Å²) in [4.78, 5) is 23.3. The van der Waals surface area contributed by atoms with E-state index in [0.29, 0.717) is 6.42 Å². The highest BCUT2D eigenvalue weighted by Gasteiger charge is 2.21. The van der Waals surface area contributed by atoms with Crippen molar-refractivity contribution in [3.05, 3.63) is 35.9 Å². The maximum absolute atomic E-state index is 12.1. The summed E-state index contributed by atoms with van der Waals surface area (Å²) in [7, 11) is 1.31. The SMILES string of the molecule is CCCCC(Cc1ccccc1)C(=O)CC(=O)OC. The van der Waals surface area contributed by atoms with Gasteiger partial charge in [0.2, 0.25) is 0 Å². The van der Waals surface area contributed by atoms with E-state index in [2.05, 4.69) is 11.7 Å². The first-order valence-electron chi connectivity index (χ1n) is 6.80. The quantitative estimate of drug-likeness (QED) is 0.534. The van der Waals surface area contributed by atoms with Gasteiger partial charge in [-0.3, -0.25) is 9.59 Å². The van der Waals surface area contributed by atoms with Gasteiger partial charge in [0.25, 0.3) is 0 Å². The molecule has 0 saturated carbocycles. The first-order valence-corrected chi connectivity index (χ1v) is 6.80. The van der Waals surface area contributed by atoms with E-state index >= 15 is 0 Å². The maximum Gasteiger partial charge on any atom is 0.313 e. The zero-order chi connectivity index (χ0) is 14.1. The highest BCUT2D eigenvalue weighted by Crippen LogP contribution is 2.18. The molecule has 0 saturated heterocycles. The van der Waals surface area contributed by atoms with Gasteiger partial charge in [0, 0.05) is 5.92 Å². The molecule has 3 nitrogen and oxygen atoms in total. The van der Waals surface area contributed by atoms with Crippen molar-refractivity contribution in [3.63, 3.8) is 0 Å². The van der Waals surface area contributed by atoms with Crippen molar-refractivity contribution in [2.24, 2.45) is 5.92 Å². The van der Waals surface area contributed by atoms with Crippen LogP contribution in [0.4, 0.5) is 0 Å². The average molecular weight is 262 g/mol. The Kier molecular flexibility index (Phi) is 6.86. The topological polar surface area (TPSA) is 43.4 Å². The average Bonchev–Trinajstić information content (AvgIpc) is 2.44. The van der Waals surface area contributed by atoms with Gasteiger partial charge in [-0.25, -0.2) is 0 Å². The lowest BCUT2D eigenvalue weighted by Crippen LogP contribution is -2.21. The molecule has 0 radical (unpaired) electrons. The summed E-state index contributed by atoms with van der Waals surface area (Å²) in [6, 6.07) is 9.93. The fourth-order valence-corrected chi connectivity index (χ4v) is 2.08. The molecule has 0 amide bonds. The van der Waals surface area contributed by atoms with Crippen LogP contribution in [-0.4, -0.2) is 18.9 Å². The lowest BCUT2D eigenvalue weighted by atomic mass is 9.89. The molecule has 0 aliphatic carbocycles. The molecule has 0 heterocycles. The minimum absolute atomic E-state index is 0.0100. The molecule has 1 rings (SSSR count). The predicted molar refractivity (Wildman–Crippen MR) is 74.8 cm³/mol. The summed E-state index contributed by atoms with van der Waals surface area (Å²) in [5.74, 6) is -0.537. The molecule has 1 unspecified atom stereocenters. The van der Waals surface area contributed by atoms with Gasteiger partial charge in [0.1, 0.15) is 12.2 Å². The second kappa shape index (κ2) is 8.46. The molecule has 0 aliphatic rings. The van der Waals surface area contributed by atoms with Crippen LogP contribution in [0.1, 0.15) is 38.2 Å².